The lowest BCUT2D eigenvalue weighted by molar-refractivity contribution is -0.115. The fourth-order valence-electron chi connectivity index (χ4n) is 1.51. The van der Waals surface area contributed by atoms with Crippen molar-refractivity contribution in [3.05, 3.63) is 36.9 Å². The van der Waals surface area contributed by atoms with Crippen molar-refractivity contribution < 1.29 is 4.79 Å². The highest BCUT2D eigenvalue weighted by Gasteiger charge is 2.14. The van der Waals surface area contributed by atoms with Gasteiger partial charge in [-0.15, -0.1) is 0 Å². The minimum atomic E-state index is -0.193. The number of nitrogens with one attached hydrogen (secondary N) is 1. The van der Waals surface area contributed by atoms with Gasteiger partial charge in [0.05, 0.1) is 16.2 Å². The number of hydrogen-bond donors (Lipinski definition) is 1. The van der Waals surface area contributed by atoms with Crippen molar-refractivity contribution in [1.82, 2.24) is 14.8 Å². The molecule has 0 saturated carbocycles. The average Bonchev–Trinajstić information content (AvgIpc) is 2.92. The third-order valence-corrected chi connectivity index (χ3v) is 3.53. The summed E-state index contributed by atoms with van der Waals surface area (Å²) < 4.78 is 1.62. The van der Waals surface area contributed by atoms with Crippen molar-refractivity contribution in [1.29, 1.82) is 0 Å². The molecule has 94 valence electrons. The molecule has 2 rings (SSSR count). The number of halogens is 1. The third-order valence-electron chi connectivity index (χ3n) is 2.47. The van der Waals surface area contributed by atoms with E-state index in [1.807, 2.05) is 31.2 Å². The second kappa shape index (κ2) is 5.77. The number of anilines is 1. The highest BCUT2D eigenvalue weighted by molar-refractivity contribution is 9.10. The molecule has 0 spiro atoms. The van der Waals surface area contributed by atoms with E-state index in [1.54, 1.807) is 11.0 Å². The fourth-order valence-corrected chi connectivity index (χ4v) is 1.62. The quantitative estimate of drug-likeness (QED) is 0.882. The molecule has 5 nitrogen and oxygen atoms in total. The first kappa shape index (κ1) is 12.8. The van der Waals surface area contributed by atoms with Crippen LogP contribution in [0.2, 0.25) is 0 Å². The van der Waals surface area contributed by atoms with E-state index in [1.165, 1.54) is 6.33 Å². The predicted molar refractivity (Wildman–Crippen MR) is 73.0 cm³/mol. The number of hydrogen-bond acceptors (Lipinski definition) is 3. The molecule has 6 heteroatoms. The zero-order valence-corrected chi connectivity index (χ0v) is 11.5. The van der Waals surface area contributed by atoms with Crippen molar-refractivity contribution in [2.75, 3.05) is 5.32 Å². The first-order valence-electron chi connectivity index (χ1n) is 5.61. The summed E-state index contributed by atoms with van der Waals surface area (Å²) in [5.41, 5.74) is 1.50. The fraction of sp³-hybridized carbons (Fsp3) is 0.250. The molecule has 0 saturated heterocycles. The zero-order chi connectivity index (χ0) is 13.0. The summed E-state index contributed by atoms with van der Waals surface area (Å²) >= 11 is 3.33. The molecule has 1 atom stereocenters. The highest BCUT2D eigenvalue weighted by atomic mass is 79.9. The Labute approximate surface area is 113 Å². The first-order chi connectivity index (χ1) is 8.72. The molecule has 0 aliphatic heterocycles. The minimum Gasteiger partial charge on any atom is -0.323 e. The van der Waals surface area contributed by atoms with Gasteiger partial charge in [0, 0.05) is 0 Å². The Bertz CT molecular complexity index is 527. The van der Waals surface area contributed by atoms with Crippen LogP contribution in [0.1, 0.15) is 13.3 Å². The molecule has 0 fully saturated rings. The predicted octanol–water partition coefficient (Wildman–Crippen LogP) is 2.38. The molecule has 0 bridgehead atoms. The van der Waals surface area contributed by atoms with Crippen molar-refractivity contribution in [3.8, 4) is 5.69 Å². The van der Waals surface area contributed by atoms with E-state index in [9.17, 15) is 4.79 Å². The molecule has 1 unspecified atom stereocenters. The molecule has 18 heavy (non-hydrogen) atoms. The first-order valence-corrected chi connectivity index (χ1v) is 6.53. The van der Waals surface area contributed by atoms with Crippen LogP contribution in [0.3, 0.4) is 0 Å². The van der Waals surface area contributed by atoms with E-state index in [0.717, 1.165) is 12.1 Å². The molecule has 0 aliphatic rings. The van der Waals surface area contributed by atoms with Crippen LogP contribution >= 0.6 is 15.9 Å². The van der Waals surface area contributed by atoms with E-state index >= 15 is 0 Å². The second-order valence-corrected chi connectivity index (χ2v) is 4.83. The topological polar surface area (TPSA) is 59.8 Å². The molecular formula is C12H13BrN4O. The number of benzene rings is 1. The molecule has 1 amide bonds. The van der Waals surface area contributed by atoms with Gasteiger partial charge in [0.1, 0.15) is 12.7 Å². The maximum atomic E-state index is 11.9. The van der Waals surface area contributed by atoms with Gasteiger partial charge >= 0.3 is 0 Å². The number of rotatable bonds is 4. The van der Waals surface area contributed by atoms with E-state index in [0.29, 0.717) is 5.69 Å². The van der Waals surface area contributed by atoms with Crippen LogP contribution < -0.4 is 5.32 Å². The summed E-state index contributed by atoms with van der Waals surface area (Å²) in [4.78, 5) is 15.6. The van der Waals surface area contributed by atoms with Gasteiger partial charge in [0.2, 0.25) is 5.91 Å². The van der Waals surface area contributed by atoms with Crippen LogP contribution in [0.4, 0.5) is 5.69 Å². The van der Waals surface area contributed by atoms with E-state index in [4.69, 9.17) is 0 Å². The van der Waals surface area contributed by atoms with Gasteiger partial charge in [-0.05, 0) is 18.6 Å². The standard InChI is InChI=1S/C12H13BrN4O/c1-2-9(13)12(18)16-10-5-3-4-6-11(10)17-8-14-7-15-17/h3-9H,2H2,1H3,(H,16,18). The van der Waals surface area contributed by atoms with Gasteiger partial charge in [-0.2, -0.15) is 5.10 Å². The molecule has 1 N–H and O–H groups in total. The van der Waals surface area contributed by atoms with E-state index in [2.05, 4.69) is 31.3 Å². The van der Waals surface area contributed by atoms with Crippen molar-refractivity contribution in [2.24, 2.45) is 0 Å². The van der Waals surface area contributed by atoms with Gasteiger partial charge in [0.25, 0.3) is 0 Å². The van der Waals surface area contributed by atoms with Gasteiger partial charge in [-0.1, -0.05) is 35.0 Å². The summed E-state index contributed by atoms with van der Waals surface area (Å²) in [6.45, 7) is 1.95. The molecule has 1 heterocycles. The molecule has 1 aromatic carbocycles. The lowest BCUT2D eigenvalue weighted by Crippen LogP contribution is -2.22. The summed E-state index contributed by atoms with van der Waals surface area (Å²) in [7, 11) is 0. The monoisotopic (exact) mass is 308 g/mol. The molecule has 2 aromatic rings. The third kappa shape index (κ3) is 2.76. The van der Waals surface area contributed by atoms with Gasteiger partial charge in [0.15, 0.2) is 0 Å². The maximum Gasteiger partial charge on any atom is 0.238 e. The van der Waals surface area contributed by atoms with Gasteiger partial charge in [-0.3, -0.25) is 4.79 Å². The molecule has 0 aliphatic carbocycles. The van der Waals surface area contributed by atoms with Crippen molar-refractivity contribution in [3.63, 3.8) is 0 Å². The number of alkyl halides is 1. The Morgan fingerprint density at radius 1 is 1.50 bits per heavy atom. The second-order valence-electron chi connectivity index (χ2n) is 3.72. The number of amides is 1. The molecule has 1 aromatic heterocycles. The largest absolute Gasteiger partial charge is 0.323 e. The number of carbonyl (C=O) groups is 1. The summed E-state index contributed by atoms with van der Waals surface area (Å²) in [5, 5.41) is 6.94. The van der Waals surface area contributed by atoms with Crippen LogP contribution in [-0.4, -0.2) is 25.5 Å². The number of aromatic nitrogens is 3. The van der Waals surface area contributed by atoms with E-state index in [-0.39, 0.29) is 10.7 Å². The summed E-state index contributed by atoms with van der Waals surface area (Å²) in [6, 6.07) is 7.47. The smallest absolute Gasteiger partial charge is 0.238 e. The minimum absolute atomic E-state index is 0.0648. The summed E-state index contributed by atoms with van der Waals surface area (Å²) in [5.74, 6) is -0.0648. The molecule has 0 radical (unpaired) electrons. The number of carbonyl (C=O) groups excluding carboxylic acids is 1. The lowest BCUT2D eigenvalue weighted by Gasteiger charge is -2.12. The number of nitrogens with zero attached hydrogens (tertiary/aromatic N) is 3. The van der Waals surface area contributed by atoms with Crippen LogP contribution in [0.15, 0.2) is 36.9 Å². The van der Waals surface area contributed by atoms with Crippen molar-refractivity contribution >= 4 is 27.5 Å². The summed E-state index contributed by atoms with van der Waals surface area (Å²) in [6.07, 6.45) is 3.78. The van der Waals surface area contributed by atoms with Gasteiger partial charge < -0.3 is 5.32 Å². The Morgan fingerprint density at radius 2 is 2.28 bits per heavy atom. The van der Waals surface area contributed by atoms with Gasteiger partial charge in [-0.25, -0.2) is 9.67 Å². The Balaban J connectivity index is 2.26. The average molecular weight is 309 g/mol. The number of para-hydroxylation sites is 2. The Kier molecular flexibility index (Phi) is 4.09. The Hall–Kier alpha value is -1.69. The van der Waals surface area contributed by atoms with Crippen LogP contribution in [0.25, 0.3) is 5.69 Å². The van der Waals surface area contributed by atoms with Crippen molar-refractivity contribution in [2.45, 2.75) is 18.2 Å². The molecular weight excluding hydrogens is 296 g/mol. The lowest BCUT2D eigenvalue weighted by atomic mass is 10.2. The highest BCUT2D eigenvalue weighted by Crippen LogP contribution is 2.19. The van der Waals surface area contributed by atoms with Crippen LogP contribution in [-0.2, 0) is 4.79 Å². The van der Waals surface area contributed by atoms with Crippen LogP contribution in [0, 0.1) is 0 Å². The zero-order valence-electron chi connectivity index (χ0n) is 9.88. The SMILES string of the molecule is CCC(Br)C(=O)Nc1ccccc1-n1cncn1. The van der Waals surface area contributed by atoms with Crippen LogP contribution in [0.5, 0.6) is 0 Å². The van der Waals surface area contributed by atoms with E-state index < -0.39 is 0 Å². The normalized spacial score (nSPS) is 12.1. The maximum absolute atomic E-state index is 11.9. The Morgan fingerprint density at radius 3 is 2.94 bits per heavy atom.